The van der Waals surface area contributed by atoms with Gasteiger partial charge in [0.05, 0.1) is 7.11 Å². The van der Waals surface area contributed by atoms with Crippen LogP contribution >= 0.6 is 0 Å². The molecule has 0 aromatic carbocycles. The van der Waals surface area contributed by atoms with Crippen molar-refractivity contribution in [1.29, 1.82) is 0 Å². The smallest absolute Gasteiger partial charge is 0.331 e. The minimum absolute atomic E-state index is 0.214. The molecule has 1 atom stereocenters. The van der Waals surface area contributed by atoms with Crippen LogP contribution in [0.4, 0.5) is 0 Å². The van der Waals surface area contributed by atoms with Crippen LogP contribution in [-0.4, -0.2) is 25.2 Å². The molecular weight excluding hydrogens is 208 g/mol. The van der Waals surface area contributed by atoms with Gasteiger partial charge in [-0.15, -0.1) is 0 Å². The molecule has 88 valence electrons. The van der Waals surface area contributed by atoms with E-state index in [1.165, 1.54) is 19.3 Å². The van der Waals surface area contributed by atoms with Gasteiger partial charge in [-0.05, 0) is 24.5 Å². The number of methoxy groups -OCH3 is 1. The Hall–Kier alpha value is -1.58. The first-order valence-corrected chi connectivity index (χ1v) is 5.35. The lowest BCUT2D eigenvalue weighted by atomic mass is 10.0. The van der Waals surface area contributed by atoms with E-state index >= 15 is 0 Å². The van der Waals surface area contributed by atoms with Gasteiger partial charge >= 0.3 is 11.9 Å². The maximum Gasteiger partial charge on any atom is 0.331 e. The van der Waals surface area contributed by atoms with Crippen LogP contribution < -0.4 is 0 Å². The van der Waals surface area contributed by atoms with Crippen molar-refractivity contribution in [3.8, 4) is 0 Å². The fourth-order valence-electron chi connectivity index (χ4n) is 1.47. The average Bonchev–Trinajstić information content (AvgIpc) is 2.63. The first kappa shape index (κ1) is 12.5. The molecule has 0 aliphatic carbocycles. The van der Waals surface area contributed by atoms with E-state index < -0.39 is 5.97 Å². The predicted molar refractivity (Wildman–Crippen MR) is 58.6 cm³/mol. The number of esters is 2. The van der Waals surface area contributed by atoms with Crippen molar-refractivity contribution in [2.75, 3.05) is 7.11 Å². The number of rotatable bonds is 5. The number of cyclic esters (lactones) is 1. The highest BCUT2D eigenvalue weighted by Gasteiger charge is 2.23. The lowest BCUT2D eigenvalue weighted by molar-refractivity contribution is -0.139. The molecule has 4 nitrogen and oxygen atoms in total. The molecule has 0 aromatic heterocycles. The van der Waals surface area contributed by atoms with Gasteiger partial charge in [-0.2, -0.15) is 0 Å². The molecular formula is C12H16O4. The Morgan fingerprint density at radius 2 is 2.38 bits per heavy atom. The number of carbonyl (C=O) groups excluding carboxylic acids is 2. The van der Waals surface area contributed by atoms with Crippen molar-refractivity contribution in [2.24, 2.45) is 0 Å². The summed E-state index contributed by atoms with van der Waals surface area (Å²) >= 11 is 0. The summed E-state index contributed by atoms with van der Waals surface area (Å²) < 4.78 is 9.58. The first-order valence-electron chi connectivity index (χ1n) is 5.35. The molecule has 0 spiro atoms. The molecule has 0 radical (unpaired) electrons. The lowest BCUT2D eigenvalue weighted by Crippen LogP contribution is -2.10. The summed E-state index contributed by atoms with van der Waals surface area (Å²) in [5.74, 6) is -0.778. The Morgan fingerprint density at radius 3 is 3.00 bits per heavy atom. The molecule has 16 heavy (non-hydrogen) atoms. The monoisotopic (exact) mass is 224 g/mol. The third-order valence-electron chi connectivity index (χ3n) is 2.35. The van der Waals surface area contributed by atoms with E-state index in [2.05, 4.69) is 11.7 Å². The van der Waals surface area contributed by atoms with Crippen LogP contribution in [0, 0.1) is 0 Å². The van der Waals surface area contributed by atoms with Crippen molar-refractivity contribution in [1.82, 2.24) is 0 Å². The van der Waals surface area contributed by atoms with E-state index in [-0.39, 0.29) is 12.1 Å². The Morgan fingerprint density at radius 1 is 1.62 bits per heavy atom. The van der Waals surface area contributed by atoms with Crippen molar-refractivity contribution >= 4 is 11.9 Å². The summed E-state index contributed by atoms with van der Waals surface area (Å²) in [7, 11) is 1.31. The standard InChI is InChI=1S/C12H16O4/c1-3-4-5-10-9(8-12(14)16-10)6-7-11(13)15-2/h6-8,10H,3-5H2,1-2H3/b7-6-. The Kier molecular flexibility index (Phi) is 4.76. The van der Waals surface area contributed by atoms with E-state index in [4.69, 9.17) is 4.74 Å². The molecule has 0 saturated carbocycles. The SMILES string of the molecule is CCCCC1OC(=O)C=C1/C=C\C(=O)OC. The highest BCUT2D eigenvalue weighted by Crippen LogP contribution is 2.21. The number of unbranched alkanes of at least 4 members (excludes halogenated alkanes) is 1. The van der Waals surface area contributed by atoms with Gasteiger partial charge in [0.25, 0.3) is 0 Å². The molecule has 1 rings (SSSR count). The van der Waals surface area contributed by atoms with Gasteiger partial charge in [-0.25, -0.2) is 9.59 Å². The Labute approximate surface area is 94.9 Å². The van der Waals surface area contributed by atoms with Gasteiger partial charge in [0, 0.05) is 12.2 Å². The highest BCUT2D eigenvalue weighted by molar-refractivity contribution is 5.88. The molecule has 0 bridgehead atoms. The number of carbonyl (C=O) groups is 2. The maximum atomic E-state index is 11.1. The van der Waals surface area contributed by atoms with Gasteiger partial charge in [-0.1, -0.05) is 13.3 Å². The molecule has 0 N–H and O–H groups in total. The normalized spacial score (nSPS) is 19.8. The molecule has 0 fully saturated rings. The van der Waals surface area contributed by atoms with Gasteiger partial charge in [0.1, 0.15) is 6.10 Å². The predicted octanol–water partition coefficient (Wildman–Crippen LogP) is 1.76. The van der Waals surface area contributed by atoms with E-state index in [1.54, 1.807) is 6.08 Å². The number of hydrogen-bond donors (Lipinski definition) is 0. The second kappa shape index (κ2) is 6.10. The molecule has 1 heterocycles. The summed E-state index contributed by atoms with van der Waals surface area (Å²) in [6.45, 7) is 2.07. The van der Waals surface area contributed by atoms with Crippen LogP contribution in [0.25, 0.3) is 0 Å². The van der Waals surface area contributed by atoms with Crippen LogP contribution in [0.1, 0.15) is 26.2 Å². The fourth-order valence-corrected chi connectivity index (χ4v) is 1.47. The van der Waals surface area contributed by atoms with Crippen molar-refractivity contribution < 1.29 is 19.1 Å². The zero-order valence-electron chi connectivity index (χ0n) is 9.56. The minimum atomic E-state index is -0.436. The first-order chi connectivity index (χ1) is 7.67. The molecule has 0 saturated heterocycles. The van der Waals surface area contributed by atoms with Crippen molar-refractivity contribution in [2.45, 2.75) is 32.3 Å². The summed E-state index contributed by atoms with van der Waals surface area (Å²) in [5.41, 5.74) is 0.740. The molecule has 1 aliphatic heterocycles. The van der Waals surface area contributed by atoms with Gasteiger partial charge in [0.15, 0.2) is 0 Å². The highest BCUT2D eigenvalue weighted by atomic mass is 16.5. The minimum Gasteiger partial charge on any atom is -0.466 e. The van der Waals surface area contributed by atoms with Crippen LogP contribution in [0.3, 0.4) is 0 Å². The Balaban J connectivity index is 2.61. The third-order valence-corrected chi connectivity index (χ3v) is 2.35. The molecule has 0 amide bonds. The zero-order chi connectivity index (χ0) is 12.0. The Bertz CT molecular complexity index is 328. The second-order valence-corrected chi connectivity index (χ2v) is 3.57. The second-order valence-electron chi connectivity index (χ2n) is 3.57. The maximum absolute atomic E-state index is 11.1. The summed E-state index contributed by atoms with van der Waals surface area (Å²) in [6, 6.07) is 0. The van der Waals surface area contributed by atoms with E-state index in [0.717, 1.165) is 24.8 Å². The number of ether oxygens (including phenoxy) is 2. The van der Waals surface area contributed by atoms with Crippen molar-refractivity contribution in [3.05, 3.63) is 23.8 Å². The quantitative estimate of drug-likeness (QED) is 0.527. The van der Waals surface area contributed by atoms with Crippen LogP contribution in [0.5, 0.6) is 0 Å². The summed E-state index contributed by atoms with van der Waals surface area (Å²) in [5, 5.41) is 0. The van der Waals surface area contributed by atoms with E-state index in [9.17, 15) is 9.59 Å². The van der Waals surface area contributed by atoms with Crippen LogP contribution in [0.15, 0.2) is 23.8 Å². The number of hydrogen-bond acceptors (Lipinski definition) is 4. The van der Waals surface area contributed by atoms with E-state index in [1.807, 2.05) is 0 Å². The summed E-state index contributed by atoms with van der Waals surface area (Å²) in [4.78, 5) is 22.0. The average molecular weight is 224 g/mol. The van der Waals surface area contributed by atoms with E-state index in [0.29, 0.717) is 0 Å². The topological polar surface area (TPSA) is 52.6 Å². The van der Waals surface area contributed by atoms with Gasteiger partial charge < -0.3 is 9.47 Å². The summed E-state index contributed by atoms with van der Waals surface area (Å²) in [6.07, 6.45) is 6.90. The molecule has 1 aliphatic rings. The largest absolute Gasteiger partial charge is 0.466 e. The third kappa shape index (κ3) is 3.53. The van der Waals surface area contributed by atoms with Gasteiger partial charge in [0.2, 0.25) is 0 Å². The molecule has 4 heteroatoms. The van der Waals surface area contributed by atoms with Crippen LogP contribution in [0.2, 0.25) is 0 Å². The van der Waals surface area contributed by atoms with Crippen molar-refractivity contribution in [3.63, 3.8) is 0 Å². The molecule has 0 aromatic rings. The molecule has 1 unspecified atom stereocenters. The fraction of sp³-hybridized carbons (Fsp3) is 0.500. The zero-order valence-corrected chi connectivity index (χ0v) is 9.56. The van der Waals surface area contributed by atoms with Crippen LogP contribution in [-0.2, 0) is 19.1 Å². The lowest BCUT2D eigenvalue weighted by Gasteiger charge is -2.10. The van der Waals surface area contributed by atoms with Gasteiger partial charge in [-0.3, -0.25) is 0 Å².